The van der Waals surface area contributed by atoms with Gasteiger partial charge in [-0.15, -0.1) is 0 Å². The van der Waals surface area contributed by atoms with Gasteiger partial charge in [0.1, 0.15) is 0 Å². The summed E-state index contributed by atoms with van der Waals surface area (Å²) < 4.78 is 213. The van der Waals surface area contributed by atoms with Crippen molar-refractivity contribution in [2.75, 3.05) is 0 Å². The Balaban J connectivity index is 1.29. The molecule has 0 aliphatic heterocycles. The van der Waals surface area contributed by atoms with Crippen LogP contribution in [-0.4, -0.2) is 19.5 Å². The average molecular weight is 1040 g/mol. The second-order valence-corrected chi connectivity index (χ2v) is 17.2. The molecule has 19 heteroatoms. The normalized spacial score (nSPS) is 12.7. The van der Waals surface area contributed by atoms with E-state index in [0.29, 0.717) is 35.4 Å². The summed E-state index contributed by atoms with van der Waals surface area (Å²) in [5.41, 5.74) is -6.75. The van der Waals surface area contributed by atoms with Gasteiger partial charge in [-0.05, 0) is 106 Å². The molecule has 75 heavy (non-hydrogen) atoms. The quantitative estimate of drug-likeness (QED) is 0.149. The van der Waals surface area contributed by atoms with E-state index < -0.39 is 69.8 Å². The Hall–Kier alpha value is -8.48. The SMILES string of the molecule is FC(F)(F)c1ccc(-c2ccc(-n3c4cc(-c5cc(C(F)(F)F)cc(C(F)(F)F)c5)ccc4c4ccc(-c5cc(C(F)(F)F)cc(C(F)(F)F)c5)cc43)cc2-c2nc(-c3ccccc3)nc(-c3ccccc3)n2)cc1. The van der Waals surface area contributed by atoms with E-state index in [4.69, 9.17) is 15.0 Å². The second kappa shape index (κ2) is 18.2. The first-order valence-corrected chi connectivity index (χ1v) is 22.2. The van der Waals surface area contributed by atoms with Gasteiger partial charge in [-0.25, -0.2) is 15.0 Å². The number of aromatic nitrogens is 4. The molecule has 4 nitrogen and oxygen atoms in total. The smallest absolute Gasteiger partial charge is 0.309 e. The van der Waals surface area contributed by atoms with Gasteiger partial charge >= 0.3 is 30.9 Å². The van der Waals surface area contributed by atoms with Gasteiger partial charge < -0.3 is 4.57 Å². The summed E-state index contributed by atoms with van der Waals surface area (Å²) in [5, 5.41) is 0.573. The standard InChI is InChI=1S/C56H29F15N4/c57-52(58,59)37-15-11-30(12-16-37)43-20-17-42(29-46(43)51-73-49(31-7-3-1-4-8-31)72-50(74-51)32-9-5-2-6-10-32)75-47-25-33(35-21-38(53(60,61)62)27-39(22-35)54(63,64)65)13-18-44(47)45-19-14-34(26-48(45)75)36-23-40(55(66,67)68)28-41(24-36)56(69,70)71/h1-29H. The molecule has 0 fully saturated rings. The van der Waals surface area contributed by atoms with Crippen LogP contribution in [0.2, 0.25) is 0 Å². The van der Waals surface area contributed by atoms with Crippen LogP contribution < -0.4 is 0 Å². The van der Waals surface area contributed by atoms with Crippen LogP contribution in [0.5, 0.6) is 0 Å². The maximum absolute atomic E-state index is 14.2. The maximum atomic E-state index is 14.2. The molecule has 0 atom stereocenters. The molecule has 2 aromatic heterocycles. The highest BCUT2D eigenvalue weighted by molar-refractivity contribution is 6.11. The van der Waals surface area contributed by atoms with Crippen molar-refractivity contribution in [2.45, 2.75) is 30.9 Å². The number of fused-ring (bicyclic) bond motifs is 3. The van der Waals surface area contributed by atoms with Crippen molar-refractivity contribution in [2.24, 2.45) is 0 Å². The van der Waals surface area contributed by atoms with Gasteiger partial charge in [0.05, 0.1) is 38.9 Å². The van der Waals surface area contributed by atoms with Crippen LogP contribution in [0, 0.1) is 0 Å². The molecule has 0 saturated heterocycles. The molecular weight excluding hydrogens is 1010 g/mol. The minimum Gasteiger partial charge on any atom is -0.309 e. The summed E-state index contributed by atoms with van der Waals surface area (Å²) >= 11 is 0. The van der Waals surface area contributed by atoms with E-state index in [1.54, 1.807) is 60.7 Å². The third-order valence-electron chi connectivity index (χ3n) is 12.3. The molecule has 10 aromatic rings. The number of nitrogens with zero attached hydrogens (tertiary/aromatic N) is 4. The van der Waals surface area contributed by atoms with Crippen LogP contribution in [0.4, 0.5) is 65.9 Å². The van der Waals surface area contributed by atoms with Gasteiger partial charge in [-0.1, -0.05) is 103 Å². The van der Waals surface area contributed by atoms with Gasteiger partial charge in [0.25, 0.3) is 0 Å². The number of benzene rings is 8. The Kier molecular flexibility index (Phi) is 12.1. The molecule has 0 aliphatic rings. The predicted octanol–water partition coefficient (Wildman–Crippen LogP) is 18.1. The van der Waals surface area contributed by atoms with Crippen molar-refractivity contribution >= 4 is 21.8 Å². The highest BCUT2D eigenvalue weighted by Gasteiger charge is 2.39. The first-order valence-electron chi connectivity index (χ1n) is 22.2. The number of halogens is 15. The molecule has 2 heterocycles. The summed E-state index contributed by atoms with van der Waals surface area (Å²) in [5.74, 6) is 0.287. The Labute approximate surface area is 414 Å². The summed E-state index contributed by atoms with van der Waals surface area (Å²) in [6.07, 6.45) is -25.6. The lowest BCUT2D eigenvalue weighted by Crippen LogP contribution is -2.11. The van der Waals surface area contributed by atoms with E-state index in [1.807, 2.05) is 0 Å². The maximum Gasteiger partial charge on any atom is 0.416 e. The number of hydrogen-bond acceptors (Lipinski definition) is 3. The molecule has 0 N–H and O–H groups in total. The van der Waals surface area contributed by atoms with Crippen molar-refractivity contribution in [3.05, 3.63) is 204 Å². The third-order valence-corrected chi connectivity index (χ3v) is 12.3. The molecule has 0 radical (unpaired) electrons. The van der Waals surface area contributed by atoms with Crippen molar-refractivity contribution in [1.29, 1.82) is 0 Å². The molecule has 378 valence electrons. The van der Waals surface area contributed by atoms with E-state index in [9.17, 15) is 65.9 Å². The molecule has 0 saturated carbocycles. The van der Waals surface area contributed by atoms with Crippen molar-refractivity contribution in [3.63, 3.8) is 0 Å². The minimum absolute atomic E-state index is 0.0334. The molecule has 8 aromatic carbocycles. The number of alkyl halides is 15. The summed E-state index contributed by atoms with van der Waals surface area (Å²) in [6.45, 7) is 0. The Morgan fingerprint density at radius 2 is 0.640 bits per heavy atom. The lowest BCUT2D eigenvalue weighted by molar-refractivity contribution is -0.144. The van der Waals surface area contributed by atoms with E-state index in [1.165, 1.54) is 71.3 Å². The Morgan fingerprint density at radius 1 is 0.267 bits per heavy atom. The van der Waals surface area contributed by atoms with Gasteiger partial charge in [0.2, 0.25) is 0 Å². The molecule has 0 amide bonds. The van der Waals surface area contributed by atoms with Crippen molar-refractivity contribution in [1.82, 2.24) is 19.5 Å². The Morgan fingerprint density at radius 3 is 1.03 bits per heavy atom. The first-order chi connectivity index (χ1) is 35.3. The van der Waals surface area contributed by atoms with E-state index in [2.05, 4.69) is 0 Å². The van der Waals surface area contributed by atoms with Crippen LogP contribution in [0.15, 0.2) is 176 Å². The second-order valence-electron chi connectivity index (χ2n) is 17.2. The fourth-order valence-electron chi connectivity index (χ4n) is 8.77. The van der Waals surface area contributed by atoms with Crippen LogP contribution in [-0.2, 0) is 30.9 Å². The molecule has 0 unspecified atom stereocenters. The zero-order valence-corrected chi connectivity index (χ0v) is 37.7. The average Bonchev–Trinajstić information content (AvgIpc) is 3.72. The zero-order chi connectivity index (χ0) is 53.4. The first kappa shape index (κ1) is 50.1. The largest absolute Gasteiger partial charge is 0.416 e. The van der Waals surface area contributed by atoms with Gasteiger partial charge in [-0.3, -0.25) is 0 Å². The number of rotatable bonds is 7. The van der Waals surface area contributed by atoms with Crippen LogP contribution >= 0.6 is 0 Å². The van der Waals surface area contributed by atoms with E-state index >= 15 is 0 Å². The van der Waals surface area contributed by atoms with Gasteiger partial charge in [0, 0.05) is 33.2 Å². The molecule has 0 aliphatic carbocycles. The fraction of sp³-hybridized carbons (Fsp3) is 0.0893. The Bertz CT molecular complexity index is 3540. The molecule has 0 bridgehead atoms. The molecule has 0 spiro atoms. The fourth-order valence-corrected chi connectivity index (χ4v) is 8.77. The zero-order valence-electron chi connectivity index (χ0n) is 37.7. The van der Waals surface area contributed by atoms with E-state index in [-0.39, 0.29) is 84.9 Å². The van der Waals surface area contributed by atoms with Crippen molar-refractivity contribution < 1.29 is 65.9 Å². The summed E-state index contributed by atoms with van der Waals surface area (Å²) in [7, 11) is 0. The van der Waals surface area contributed by atoms with Crippen LogP contribution in [0.25, 0.3) is 95.0 Å². The highest BCUT2D eigenvalue weighted by Crippen LogP contribution is 2.45. The predicted molar refractivity (Wildman–Crippen MR) is 252 cm³/mol. The topological polar surface area (TPSA) is 43.6 Å². The summed E-state index contributed by atoms with van der Waals surface area (Å²) in [6, 6.07) is 35.8. The summed E-state index contributed by atoms with van der Waals surface area (Å²) in [4.78, 5) is 14.4. The van der Waals surface area contributed by atoms with Gasteiger partial charge in [0.15, 0.2) is 17.5 Å². The lowest BCUT2D eigenvalue weighted by atomic mass is 9.97. The molecular formula is C56H29F15N4. The van der Waals surface area contributed by atoms with Gasteiger partial charge in [-0.2, -0.15) is 65.9 Å². The minimum atomic E-state index is -5.22. The highest BCUT2D eigenvalue weighted by atomic mass is 19.4. The van der Waals surface area contributed by atoms with E-state index in [0.717, 1.165) is 12.1 Å². The number of hydrogen-bond donors (Lipinski definition) is 0. The monoisotopic (exact) mass is 1040 g/mol. The van der Waals surface area contributed by atoms with Crippen LogP contribution in [0.1, 0.15) is 27.8 Å². The third kappa shape index (κ3) is 10.0. The van der Waals surface area contributed by atoms with Crippen molar-refractivity contribution in [3.8, 4) is 73.2 Å². The molecule has 10 rings (SSSR count). The lowest BCUT2D eigenvalue weighted by Gasteiger charge is -2.17. The van der Waals surface area contributed by atoms with Crippen LogP contribution in [0.3, 0.4) is 0 Å².